The van der Waals surface area contributed by atoms with Crippen molar-refractivity contribution < 1.29 is 51.2 Å². The van der Waals surface area contributed by atoms with Crippen molar-refractivity contribution in [2.75, 3.05) is 20.2 Å². The Hall–Kier alpha value is -1.54. The monoisotopic (exact) mass is 786 g/mol. The number of nitrogens with zero attached hydrogens (tertiary/aromatic N) is 1. The van der Waals surface area contributed by atoms with E-state index in [1.54, 1.807) is 13.2 Å². The summed E-state index contributed by atoms with van der Waals surface area (Å²) in [6.45, 7) is 15.6. The summed E-state index contributed by atoms with van der Waals surface area (Å²) in [5, 5.41) is 19.2. The molecule has 0 saturated carbocycles. The predicted molar refractivity (Wildman–Crippen MR) is 164 cm³/mol. The van der Waals surface area contributed by atoms with Crippen molar-refractivity contribution in [1.29, 1.82) is 0 Å². The summed E-state index contributed by atoms with van der Waals surface area (Å²) < 4.78 is 13.5. The van der Waals surface area contributed by atoms with E-state index in [1.165, 1.54) is 17.9 Å². The van der Waals surface area contributed by atoms with Gasteiger partial charge in [0, 0.05) is 20.2 Å². The summed E-state index contributed by atoms with van der Waals surface area (Å²) in [5.74, 6) is -0.831. The maximum absolute atomic E-state index is 10.9. The molecule has 0 atom stereocenters. The summed E-state index contributed by atoms with van der Waals surface area (Å²) in [7, 11) is 1.72. The van der Waals surface area contributed by atoms with Crippen molar-refractivity contribution >= 4 is 11.5 Å². The van der Waals surface area contributed by atoms with Crippen LogP contribution >= 0.6 is 0 Å². The third-order valence-electron chi connectivity index (χ3n) is 5.69. The first-order valence-corrected chi connectivity index (χ1v) is 14.7. The number of ether oxygens (including phenoxy) is 1. The maximum atomic E-state index is 10.9. The Balaban J connectivity index is -0.000000172. The van der Waals surface area contributed by atoms with Crippen molar-refractivity contribution in [2.45, 2.75) is 79.2 Å². The van der Waals surface area contributed by atoms with Crippen LogP contribution < -0.4 is 6.15 Å². The molecule has 1 saturated heterocycles. The van der Waals surface area contributed by atoms with Crippen LogP contribution in [0.3, 0.4) is 0 Å². The standard InChI is InChI=1S/C18H17O2.C6H13NO2.C4H10.C2H6.CH3.H3N.H2N.O.U/c1-3-14(12-18(19)20)16-10-7-11-17(13(16)2)15-8-5-4-6-9-15;1-9-6-2-4-7(8)5-3-6;1-3-4-2;1-2;;;;;/h3-8,11H,1,10,12H2,2H3,(H,19,20);6,8H,2-5H2,1H3;3-4H2,1-2H3;1-2H3;2*1H3;1H2;;/q-1;;;;-1;;-1;+1;/b16-14-;;;;;;;;. The number of hydrogen-bond donors (Lipinski definition) is 3. The molecule has 1 aliphatic carbocycles. The summed E-state index contributed by atoms with van der Waals surface area (Å²) in [4.78, 5) is 10.9. The van der Waals surface area contributed by atoms with Crippen molar-refractivity contribution in [3.63, 3.8) is 0 Å². The third kappa shape index (κ3) is 20.4. The summed E-state index contributed by atoms with van der Waals surface area (Å²) in [6, 6.07) is 11.0. The van der Waals surface area contributed by atoms with Crippen LogP contribution in [-0.4, -0.2) is 47.6 Å². The fourth-order valence-corrected chi connectivity index (χ4v) is 3.50. The van der Waals surface area contributed by atoms with E-state index in [9.17, 15) is 4.79 Å². The Bertz CT molecular complexity index is 873. The summed E-state index contributed by atoms with van der Waals surface area (Å²) in [5.41, 5.74) is 5.06. The number of carboxylic acid groups (broad SMARTS) is 1. The molecular weight excluding hydrogens is 732 g/mol. The number of methoxy groups -OCH3 is 1. The Labute approximate surface area is 263 Å². The molecule has 2 aliphatic rings. The second kappa shape index (κ2) is 32.0. The molecule has 1 heterocycles. The average molecular weight is 787 g/mol. The molecule has 0 radical (unpaired) electrons. The fraction of sp³-hybridized carbons (Fsp3) is 0.484. The van der Waals surface area contributed by atoms with Gasteiger partial charge in [-0.05, 0) is 37.3 Å². The first-order chi connectivity index (χ1) is 17.9. The van der Waals surface area contributed by atoms with Crippen LogP contribution in [0.4, 0.5) is 0 Å². The van der Waals surface area contributed by atoms with Crippen LogP contribution in [0.25, 0.3) is 11.7 Å². The molecule has 0 aromatic heterocycles. The van der Waals surface area contributed by atoms with Crippen molar-refractivity contribution in [3.05, 3.63) is 91.0 Å². The fourth-order valence-electron chi connectivity index (χ4n) is 3.50. The topological polar surface area (TPSA) is 158 Å². The second-order valence-corrected chi connectivity index (χ2v) is 8.09. The normalized spacial score (nSPS) is 15.1. The molecule has 1 aromatic rings. The Kier molecular flexibility index (Phi) is 38.5. The van der Waals surface area contributed by atoms with Gasteiger partial charge in [0.15, 0.2) is 0 Å². The van der Waals surface area contributed by atoms with Crippen LogP contribution in [0.2, 0.25) is 0 Å². The Morgan fingerprint density at radius 1 is 1.23 bits per heavy atom. The van der Waals surface area contributed by atoms with Crippen molar-refractivity contribution in [2.24, 2.45) is 0 Å². The number of hydroxylamine groups is 2. The van der Waals surface area contributed by atoms with E-state index in [4.69, 9.17) is 17.1 Å². The zero-order valence-electron chi connectivity index (χ0n) is 25.8. The third-order valence-corrected chi connectivity index (χ3v) is 5.69. The van der Waals surface area contributed by atoms with Gasteiger partial charge in [0.05, 0.1) is 12.5 Å². The van der Waals surface area contributed by atoms with Gasteiger partial charge in [-0.2, -0.15) is 5.06 Å². The van der Waals surface area contributed by atoms with E-state index >= 15 is 0 Å². The van der Waals surface area contributed by atoms with E-state index in [1.807, 2.05) is 45.0 Å². The molecule has 3 rings (SSSR count). The molecule has 40 heavy (non-hydrogen) atoms. The zero-order valence-corrected chi connectivity index (χ0v) is 30.0. The van der Waals surface area contributed by atoms with Gasteiger partial charge in [-0.25, -0.2) is 0 Å². The molecule has 0 spiro atoms. The van der Waals surface area contributed by atoms with Crippen molar-refractivity contribution in [3.8, 4) is 0 Å². The molecule has 0 bridgehead atoms. The number of carboxylic acids is 1. The molecular formula is C31H54N3O5U-2. The Morgan fingerprint density at radius 2 is 1.77 bits per heavy atom. The first-order valence-electron chi connectivity index (χ1n) is 13.0. The molecule has 7 N–H and O–H groups in total. The first kappa shape index (κ1) is 48.2. The molecule has 8 nitrogen and oxygen atoms in total. The number of benzene rings is 1. The number of carbonyl (C=O) groups is 1. The van der Waals surface area contributed by atoms with Crippen LogP contribution in [0, 0.1) is 42.8 Å². The molecule has 1 aromatic carbocycles. The molecule has 1 aliphatic heterocycles. The number of rotatable bonds is 6. The van der Waals surface area contributed by atoms with Crippen LogP contribution in [-0.2, 0) is 11.6 Å². The molecule has 1 fully saturated rings. The quantitative estimate of drug-likeness (QED) is 0.193. The second-order valence-electron chi connectivity index (χ2n) is 8.09. The Morgan fingerprint density at radius 3 is 2.17 bits per heavy atom. The number of allylic oxidation sites excluding steroid dienone is 6. The van der Waals surface area contributed by atoms with Crippen LogP contribution in [0.5, 0.6) is 0 Å². The number of hydrogen-bond acceptors (Lipinski definition) is 5. The number of nitrogens with two attached hydrogens (primary N) is 1. The molecule has 229 valence electrons. The SMILES string of the molecule is C=C/C(CC(=O)O)=C1\CC=CC(c2[c-]cccc2)=C1C.CC.CCCC.COC1CCN(O)CC1.N.[CH3-].[NH2-].[O+]#[U]. The van der Waals surface area contributed by atoms with Gasteiger partial charge in [-0.3, -0.25) is 4.79 Å². The molecule has 9 heteroatoms. The number of piperidine rings is 1. The van der Waals surface area contributed by atoms with Gasteiger partial charge in [0.1, 0.15) is 0 Å². The van der Waals surface area contributed by atoms with Gasteiger partial charge in [0.25, 0.3) is 0 Å². The van der Waals surface area contributed by atoms with Gasteiger partial charge in [-0.15, -0.1) is 42.0 Å². The van der Waals surface area contributed by atoms with Crippen LogP contribution in [0.15, 0.2) is 65.8 Å². The number of aliphatic carboxylic acids is 1. The average Bonchev–Trinajstić information content (AvgIpc) is 2.95. The molecule has 0 amide bonds. The number of unbranched alkanes of at least 4 members (excludes halogenated alkanes) is 1. The summed E-state index contributed by atoms with van der Waals surface area (Å²) >= 11 is -0.0918. The predicted octanol–water partition coefficient (Wildman–Crippen LogP) is 8.71. The van der Waals surface area contributed by atoms with E-state index in [0.29, 0.717) is 6.10 Å². The van der Waals surface area contributed by atoms with Gasteiger partial charge >= 0.3 is 37.3 Å². The van der Waals surface area contributed by atoms with Gasteiger partial charge in [-0.1, -0.05) is 70.4 Å². The van der Waals surface area contributed by atoms with Gasteiger partial charge < -0.3 is 34.8 Å². The van der Waals surface area contributed by atoms with E-state index in [0.717, 1.165) is 60.2 Å². The van der Waals surface area contributed by atoms with Crippen molar-refractivity contribution in [1.82, 2.24) is 11.2 Å². The zero-order chi connectivity index (χ0) is 28.6. The summed E-state index contributed by atoms with van der Waals surface area (Å²) in [6.07, 6.45) is 11.5. The van der Waals surface area contributed by atoms with Gasteiger partial charge in [0.2, 0.25) is 0 Å². The van der Waals surface area contributed by atoms with E-state index in [2.05, 4.69) is 38.6 Å². The van der Waals surface area contributed by atoms with E-state index in [-0.39, 0.29) is 55.4 Å². The van der Waals surface area contributed by atoms with Crippen LogP contribution in [0.1, 0.15) is 78.7 Å². The van der Waals surface area contributed by atoms with E-state index < -0.39 is 5.97 Å². The minimum atomic E-state index is -0.831. The molecule has 0 unspecified atom stereocenters. The minimum absolute atomic E-state index is 0.